The second-order valence-corrected chi connectivity index (χ2v) is 7.58. The van der Waals surface area contributed by atoms with Gasteiger partial charge in [0.15, 0.2) is 0 Å². The summed E-state index contributed by atoms with van der Waals surface area (Å²) in [4.78, 5) is 45.3. The van der Waals surface area contributed by atoms with Crippen LogP contribution in [0.1, 0.15) is 32.6 Å². The zero-order valence-electron chi connectivity index (χ0n) is 9.64. The van der Waals surface area contributed by atoms with Gasteiger partial charge in [-0.25, -0.2) is 0 Å². The summed E-state index contributed by atoms with van der Waals surface area (Å²) >= 11 is 7.21. The van der Waals surface area contributed by atoms with Crippen molar-refractivity contribution in [3.8, 4) is 0 Å². The van der Waals surface area contributed by atoms with Crippen molar-refractivity contribution in [2.45, 2.75) is 32.6 Å². The van der Waals surface area contributed by atoms with E-state index in [2.05, 4.69) is 37.5 Å². The van der Waals surface area contributed by atoms with Crippen molar-refractivity contribution < 1.29 is 48.8 Å². The van der Waals surface area contributed by atoms with Gasteiger partial charge in [0.25, 0.3) is 0 Å². The van der Waals surface area contributed by atoms with Crippen LogP contribution in [0, 0.1) is 6.92 Å². The monoisotopic (exact) mass is 377 g/mol. The smallest absolute Gasteiger partial charge is 0.319 e. The van der Waals surface area contributed by atoms with Gasteiger partial charge in [0.2, 0.25) is 0 Å². The van der Waals surface area contributed by atoms with Crippen molar-refractivity contribution in [1.82, 2.24) is 0 Å². The molecule has 11 heteroatoms. The van der Waals surface area contributed by atoms with Crippen molar-refractivity contribution in [1.29, 1.82) is 0 Å². The molecule has 0 rings (SSSR count). The number of hydrogen-bond acceptors (Lipinski definition) is 2. The van der Waals surface area contributed by atoms with Gasteiger partial charge in [-0.2, -0.15) is 6.42 Å². The van der Waals surface area contributed by atoms with Crippen molar-refractivity contribution in [3.05, 3.63) is 6.92 Å². The van der Waals surface area contributed by atoms with Gasteiger partial charge in [-0.1, -0.05) is 26.2 Å². The van der Waals surface area contributed by atoms with E-state index in [0.29, 0.717) is 0 Å². The van der Waals surface area contributed by atoms with Crippen molar-refractivity contribution in [2.24, 2.45) is 0 Å². The van der Waals surface area contributed by atoms with Gasteiger partial charge in [-0.05, 0) is 23.6 Å². The third kappa shape index (κ3) is 198. The Bertz CT molecular complexity index is 190. The second-order valence-electron chi connectivity index (χ2n) is 2.59. The average molecular weight is 379 g/mol. The fourth-order valence-electron chi connectivity index (χ4n) is 0.427. The van der Waals surface area contributed by atoms with Crippen LogP contribution in [0.3, 0.4) is 0 Å². The Kier molecular flexibility index (Phi) is 25.1. The first-order valence-corrected chi connectivity index (χ1v) is 9.59. The Morgan fingerprint density at radius 3 is 1.18 bits per heavy atom. The minimum Gasteiger partial charge on any atom is -0.343 e. The van der Waals surface area contributed by atoms with Crippen molar-refractivity contribution >= 4 is 37.1 Å². The molecule has 6 nitrogen and oxygen atoms in total. The van der Waals surface area contributed by atoms with Crippen LogP contribution in [-0.4, -0.2) is 29.4 Å². The summed E-state index contributed by atoms with van der Waals surface area (Å²) in [6, 6.07) is 0. The molecule has 0 aliphatic rings. The van der Waals surface area contributed by atoms with Gasteiger partial charge < -0.3 is 36.3 Å². The van der Waals surface area contributed by atoms with Gasteiger partial charge >= 0.3 is 13.4 Å². The van der Waals surface area contributed by atoms with E-state index in [1.165, 1.54) is 19.3 Å². The summed E-state index contributed by atoms with van der Waals surface area (Å²) < 4.78 is 0. The SMILES string of the molecule is OP(O)(O)=S.OP(O)(O)=S.[CH2-]CCCCC.[Zn]. The van der Waals surface area contributed by atoms with E-state index in [4.69, 9.17) is 29.4 Å². The minimum absolute atomic E-state index is 0. The van der Waals surface area contributed by atoms with Crippen LogP contribution in [-0.2, 0) is 43.1 Å². The normalized spacial score (nSPS) is 10.1. The molecule has 0 unspecified atom stereocenters. The molecule has 0 aliphatic heterocycles. The van der Waals surface area contributed by atoms with Crippen LogP contribution in [0.5, 0.6) is 0 Å². The molecule has 0 saturated carbocycles. The molecule has 0 heterocycles. The van der Waals surface area contributed by atoms with Crippen LogP contribution >= 0.6 is 13.4 Å². The number of hydrogen-bond donors (Lipinski definition) is 6. The molecule has 0 bridgehead atoms. The van der Waals surface area contributed by atoms with Gasteiger partial charge in [0, 0.05) is 19.5 Å². The summed E-state index contributed by atoms with van der Waals surface area (Å²) in [6.07, 6.45) is 5.07. The molecule has 0 atom stereocenters. The molecule has 104 valence electrons. The Hall–Kier alpha value is 1.68. The van der Waals surface area contributed by atoms with Crippen LogP contribution in [0.2, 0.25) is 0 Å². The molecule has 0 aromatic carbocycles. The standard InChI is InChI=1S/C6H13.2H3O3PS.Zn/c1-3-5-6-4-2;2*1-4(2,3)5;/h1,3-6H2,2H3;2*(H3,1,2,3,5);/q-1;;;. The minimum atomic E-state index is -3.81. The molecule has 0 aromatic rings. The second kappa shape index (κ2) is 15.7. The van der Waals surface area contributed by atoms with E-state index in [1.54, 1.807) is 0 Å². The maximum atomic E-state index is 7.56. The third-order valence-corrected chi connectivity index (χ3v) is 0.854. The average Bonchev–Trinajstić information content (AvgIpc) is 1.94. The first-order chi connectivity index (χ1) is 6.91. The molecule has 0 amide bonds. The molecule has 6 N–H and O–H groups in total. The number of rotatable bonds is 3. The molecule has 17 heavy (non-hydrogen) atoms. The Morgan fingerprint density at radius 2 is 1.12 bits per heavy atom. The third-order valence-electron chi connectivity index (χ3n) is 0.854. The fourth-order valence-corrected chi connectivity index (χ4v) is 0.427. The molecular formula is C6H19O6P2S2Zn-. The van der Waals surface area contributed by atoms with E-state index < -0.39 is 13.4 Å². The molecular weight excluding hydrogens is 360 g/mol. The van der Waals surface area contributed by atoms with Crippen LogP contribution in [0.25, 0.3) is 0 Å². The quantitative estimate of drug-likeness (QED) is 0.184. The maximum Gasteiger partial charge on any atom is 0.319 e. The topological polar surface area (TPSA) is 121 Å². The summed E-state index contributed by atoms with van der Waals surface area (Å²) in [7, 11) is 0. The first kappa shape index (κ1) is 27.1. The Balaban J connectivity index is -0.0000000729. The zero-order valence-corrected chi connectivity index (χ0v) is 16.0. The van der Waals surface area contributed by atoms with Gasteiger partial charge in [-0.15, -0.1) is 0 Å². The van der Waals surface area contributed by atoms with Gasteiger partial charge in [0.1, 0.15) is 0 Å². The van der Waals surface area contributed by atoms with E-state index in [0.717, 1.165) is 6.42 Å². The Morgan fingerprint density at radius 1 is 0.882 bits per heavy atom. The van der Waals surface area contributed by atoms with Crippen LogP contribution in [0.15, 0.2) is 0 Å². The van der Waals surface area contributed by atoms with Crippen molar-refractivity contribution in [2.75, 3.05) is 0 Å². The van der Waals surface area contributed by atoms with E-state index in [9.17, 15) is 0 Å². The van der Waals surface area contributed by atoms with Gasteiger partial charge in [0.05, 0.1) is 0 Å². The summed E-state index contributed by atoms with van der Waals surface area (Å²) in [5, 5.41) is 0. The van der Waals surface area contributed by atoms with Crippen LogP contribution in [0.4, 0.5) is 0 Å². The predicted molar refractivity (Wildman–Crippen MR) is 71.4 cm³/mol. The number of unbranched alkanes of at least 4 members (excludes halogenated alkanes) is 3. The molecule has 0 radical (unpaired) electrons. The van der Waals surface area contributed by atoms with Crippen molar-refractivity contribution in [3.63, 3.8) is 0 Å². The molecule has 0 spiro atoms. The molecule has 0 aliphatic carbocycles. The fraction of sp³-hybridized carbons (Fsp3) is 0.833. The summed E-state index contributed by atoms with van der Waals surface area (Å²) in [5.41, 5.74) is 0. The van der Waals surface area contributed by atoms with E-state index in [-0.39, 0.29) is 19.5 Å². The van der Waals surface area contributed by atoms with Crippen LogP contribution < -0.4 is 0 Å². The van der Waals surface area contributed by atoms with Gasteiger partial charge in [-0.3, -0.25) is 0 Å². The van der Waals surface area contributed by atoms with E-state index >= 15 is 0 Å². The zero-order chi connectivity index (χ0) is 13.8. The Labute approximate surface area is 125 Å². The molecule has 0 saturated heterocycles. The van der Waals surface area contributed by atoms with E-state index in [1.807, 2.05) is 0 Å². The summed E-state index contributed by atoms with van der Waals surface area (Å²) in [5.74, 6) is 0. The largest absolute Gasteiger partial charge is 0.343 e. The molecule has 0 aromatic heterocycles. The maximum absolute atomic E-state index is 7.56. The predicted octanol–water partition coefficient (Wildman–Crippen LogP) is 0.774. The summed E-state index contributed by atoms with van der Waals surface area (Å²) in [6.45, 7) is -1.68. The first-order valence-electron chi connectivity index (χ1n) is 4.27. The molecule has 0 fully saturated rings.